The fraction of sp³-hybridized carbons (Fsp3) is 0.800. The van der Waals surface area contributed by atoms with Gasteiger partial charge >= 0.3 is 0 Å². The van der Waals surface area contributed by atoms with Crippen LogP contribution in [-0.4, -0.2) is 41.4 Å². The van der Waals surface area contributed by atoms with Crippen molar-refractivity contribution in [3.8, 4) is 5.75 Å². The van der Waals surface area contributed by atoms with E-state index in [2.05, 4.69) is 51.8 Å². The number of methoxy groups -OCH3 is 1. The number of hydrogen-bond donors (Lipinski definition) is 1. The van der Waals surface area contributed by atoms with Crippen molar-refractivity contribution in [2.75, 3.05) is 21.2 Å². The molecule has 1 atom stereocenters. The molecule has 0 fully saturated rings. The van der Waals surface area contributed by atoms with Crippen molar-refractivity contribution in [2.24, 2.45) is 5.73 Å². The SMILES string of the molecule is CCC(CC)(C(N)c1c(OC)cnn1C(C)C)N(C)C. The van der Waals surface area contributed by atoms with Crippen LogP contribution in [0.5, 0.6) is 5.75 Å². The minimum absolute atomic E-state index is 0.0973. The summed E-state index contributed by atoms with van der Waals surface area (Å²) in [5, 5.41) is 4.44. The molecule has 0 saturated carbocycles. The third-order valence-electron chi connectivity index (χ3n) is 4.50. The monoisotopic (exact) mass is 282 g/mol. The first-order chi connectivity index (χ1) is 9.35. The Kier molecular flexibility index (Phi) is 5.59. The lowest BCUT2D eigenvalue weighted by molar-refractivity contribution is 0.0999. The van der Waals surface area contributed by atoms with Crippen LogP contribution >= 0.6 is 0 Å². The van der Waals surface area contributed by atoms with E-state index < -0.39 is 0 Å². The van der Waals surface area contributed by atoms with E-state index in [1.54, 1.807) is 13.3 Å². The Morgan fingerprint density at radius 1 is 1.35 bits per heavy atom. The van der Waals surface area contributed by atoms with Crippen molar-refractivity contribution >= 4 is 0 Å². The molecule has 5 nitrogen and oxygen atoms in total. The zero-order chi connectivity index (χ0) is 15.5. The van der Waals surface area contributed by atoms with Crippen molar-refractivity contribution in [3.63, 3.8) is 0 Å². The lowest BCUT2D eigenvalue weighted by Crippen LogP contribution is -2.52. The average Bonchev–Trinajstić information content (AvgIpc) is 2.83. The van der Waals surface area contributed by atoms with E-state index in [1.807, 2.05) is 4.68 Å². The molecule has 5 heteroatoms. The highest BCUT2D eigenvalue weighted by Gasteiger charge is 2.40. The molecule has 1 unspecified atom stereocenters. The standard InChI is InChI=1S/C15H30N4O/c1-8-15(9-2,18(5)6)14(16)13-12(20-7)10-17-19(13)11(3)4/h10-11,14H,8-9,16H2,1-7H3. The predicted octanol–water partition coefficient (Wildman–Crippen LogP) is 2.59. The Morgan fingerprint density at radius 2 is 1.90 bits per heavy atom. The van der Waals surface area contributed by atoms with Crippen molar-refractivity contribution in [3.05, 3.63) is 11.9 Å². The van der Waals surface area contributed by atoms with Crippen LogP contribution in [0.3, 0.4) is 0 Å². The molecular weight excluding hydrogens is 252 g/mol. The van der Waals surface area contributed by atoms with Crippen molar-refractivity contribution in [1.82, 2.24) is 14.7 Å². The summed E-state index contributed by atoms with van der Waals surface area (Å²) in [7, 11) is 5.86. The molecule has 1 aromatic heterocycles. The number of nitrogens with zero attached hydrogens (tertiary/aromatic N) is 3. The maximum atomic E-state index is 6.67. The zero-order valence-corrected chi connectivity index (χ0v) is 14.0. The number of ether oxygens (including phenoxy) is 1. The van der Waals surface area contributed by atoms with Gasteiger partial charge in [0.15, 0.2) is 5.75 Å². The number of rotatable bonds is 7. The summed E-state index contributed by atoms with van der Waals surface area (Å²) in [4.78, 5) is 2.23. The van der Waals surface area contributed by atoms with Gasteiger partial charge in [-0.1, -0.05) is 13.8 Å². The van der Waals surface area contributed by atoms with Gasteiger partial charge in [-0.15, -0.1) is 0 Å². The van der Waals surface area contributed by atoms with Crippen molar-refractivity contribution < 1.29 is 4.74 Å². The second-order valence-electron chi connectivity index (χ2n) is 5.82. The molecule has 0 amide bonds. The molecule has 0 aromatic carbocycles. The van der Waals surface area contributed by atoms with Gasteiger partial charge in [0.25, 0.3) is 0 Å². The number of hydrogen-bond acceptors (Lipinski definition) is 4. The van der Waals surface area contributed by atoms with E-state index in [4.69, 9.17) is 10.5 Å². The third kappa shape index (κ3) is 2.69. The van der Waals surface area contributed by atoms with Crippen LogP contribution in [-0.2, 0) is 0 Å². The highest BCUT2D eigenvalue weighted by Crippen LogP contribution is 2.38. The van der Waals surface area contributed by atoms with Crippen LogP contribution in [0.25, 0.3) is 0 Å². The van der Waals surface area contributed by atoms with Gasteiger partial charge in [0.2, 0.25) is 0 Å². The van der Waals surface area contributed by atoms with E-state index in [0.717, 1.165) is 24.3 Å². The second-order valence-corrected chi connectivity index (χ2v) is 5.82. The first kappa shape index (κ1) is 17.0. The van der Waals surface area contributed by atoms with Crippen LogP contribution in [0.1, 0.15) is 58.3 Å². The van der Waals surface area contributed by atoms with Crippen LogP contribution in [0.2, 0.25) is 0 Å². The molecular formula is C15H30N4O. The van der Waals surface area contributed by atoms with E-state index >= 15 is 0 Å². The van der Waals surface area contributed by atoms with Gasteiger partial charge < -0.3 is 15.4 Å². The van der Waals surface area contributed by atoms with Gasteiger partial charge in [-0.25, -0.2) is 0 Å². The smallest absolute Gasteiger partial charge is 0.161 e. The molecule has 1 aromatic rings. The average molecular weight is 282 g/mol. The highest BCUT2D eigenvalue weighted by molar-refractivity contribution is 5.31. The molecule has 1 heterocycles. The fourth-order valence-corrected chi connectivity index (χ4v) is 3.08. The van der Waals surface area contributed by atoms with E-state index in [9.17, 15) is 0 Å². The Labute approximate surface area is 123 Å². The van der Waals surface area contributed by atoms with Gasteiger partial charge in [-0.2, -0.15) is 5.10 Å². The van der Waals surface area contributed by atoms with Crippen molar-refractivity contribution in [2.45, 2.75) is 58.2 Å². The normalized spacial score (nSPS) is 14.1. The molecule has 1 rings (SSSR count). The Balaban J connectivity index is 3.37. The Hall–Kier alpha value is -1.07. The topological polar surface area (TPSA) is 56.3 Å². The lowest BCUT2D eigenvalue weighted by atomic mass is 9.81. The van der Waals surface area contributed by atoms with Gasteiger partial charge in [-0.3, -0.25) is 4.68 Å². The largest absolute Gasteiger partial charge is 0.493 e. The molecule has 0 aliphatic heterocycles. The van der Waals surface area contributed by atoms with Crippen LogP contribution in [0.4, 0.5) is 0 Å². The van der Waals surface area contributed by atoms with Crippen molar-refractivity contribution in [1.29, 1.82) is 0 Å². The molecule has 0 radical (unpaired) electrons. The lowest BCUT2D eigenvalue weighted by Gasteiger charge is -2.43. The van der Waals surface area contributed by atoms with Crippen LogP contribution in [0.15, 0.2) is 6.20 Å². The molecule has 0 aliphatic rings. The molecule has 20 heavy (non-hydrogen) atoms. The molecule has 0 bridgehead atoms. The summed E-state index contributed by atoms with van der Waals surface area (Å²) in [5.74, 6) is 0.777. The summed E-state index contributed by atoms with van der Waals surface area (Å²) in [6.07, 6.45) is 3.72. The molecule has 0 saturated heterocycles. The van der Waals surface area contributed by atoms with Gasteiger partial charge in [-0.05, 0) is 40.8 Å². The quantitative estimate of drug-likeness (QED) is 0.835. The molecule has 2 N–H and O–H groups in total. The van der Waals surface area contributed by atoms with E-state index in [-0.39, 0.29) is 17.6 Å². The molecule has 0 spiro atoms. The maximum absolute atomic E-state index is 6.67. The van der Waals surface area contributed by atoms with Gasteiger partial charge in [0.05, 0.1) is 25.0 Å². The minimum atomic E-state index is -0.146. The van der Waals surface area contributed by atoms with Crippen LogP contribution in [0, 0.1) is 0 Å². The molecule has 0 aliphatic carbocycles. The summed E-state index contributed by atoms with van der Waals surface area (Å²) in [5.41, 5.74) is 7.56. The Morgan fingerprint density at radius 3 is 2.25 bits per heavy atom. The maximum Gasteiger partial charge on any atom is 0.161 e. The highest BCUT2D eigenvalue weighted by atomic mass is 16.5. The molecule has 116 valence electrons. The predicted molar refractivity (Wildman–Crippen MR) is 83.1 cm³/mol. The van der Waals surface area contributed by atoms with Gasteiger partial charge in [0, 0.05) is 11.6 Å². The Bertz CT molecular complexity index is 422. The van der Waals surface area contributed by atoms with E-state index in [0.29, 0.717) is 0 Å². The summed E-state index contributed by atoms with van der Waals surface area (Å²) in [6, 6.07) is 0.112. The summed E-state index contributed by atoms with van der Waals surface area (Å²) < 4.78 is 7.46. The third-order valence-corrected chi connectivity index (χ3v) is 4.50. The first-order valence-electron chi connectivity index (χ1n) is 7.40. The van der Waals surface area contributed by atoms with Gasteiger partial charge in [0.1, 0.15) is 0 Å². The summed E-state index contributed by atoms with van der Waals surface area (Å²) >= 11 is 0. The number of aromatic nitrogens is 2. The fourth-order valence-electron chi connectivity index (χ4n) is 3.08. The van der Waals surface area contributed by atoms with E-state index in [1.165, 1.54) is 0 Å². The summed E-state index contributed by atoms with van der Waals surface area (Å²) in [6.45, 7) is 8.59. The minimum Gasteiger partial charge on any atom is -0.493 e. The van der Waals surface area contributed by atoms with Crippen LogP contribution < -0.4 is 10.5 Å². The zero-order valence-electron chi connectivity index (χ0n) is 14.0. The second kappa shape index (κ2) is 6.59. The number of nitrogens with two attached hydrogens (primary N) is 1. The number of likely N-dealkylation sites (N-methyl/N-ethyl adjacent to an activating group) is 1. The first-order valence-corrected chi connectivity index (χ1v) is 7.40.